The van der Waals surface area contributed by atoms with E-state index in [4.69, 9.17) is 9.84 Å². The number of hydrogen-bond acceptors (Lipinski definition) is 3. The Hall–Kier alpha value is -2.04. The molecule has 1 aliphatic carbocycles. The first kappa shape index (κ1) is 14.4. The molecule has 1 aromatic carbocycles. The Morgan fingerprint density at radius 1 is 1.30 bits per heavy atom. The van der Waals surface area contributed by atoms with Gasteiger partial charge in [-0.15, -0.1) is 0 Å². The second-order valence-electron chi connectivity index (χ2n) is 4.99. The lowest BCUT2D eigenvalue weighted by Gasteiger charge is -2.13. The summed E-state index contributed by atoms with van der Waals surface area (Å²) in [7, 11) is 0. The van der Waals surface area contributed by atoms with Gasteiger partial charge in [-0.05, 0) is 37.3 Å². The van der Waals surface area contributed by atoms with E-state index in [2.05, 4.69) is 5.32 Å². The number of carbonyl (C=O) groups is 2. The van der Waals surface area contributed by atoms with Crippen LogP contribution in [0.3, 0.4) is 0 Å². The summed E-state index contributed by atoms with van der Waals surface area (Å²) in [6.45, 7) is 0.443. The summed E-state index contributed by atoms with van der Waals surface area (Å²) in [5.41, 5.74) is 0. The maximum Gasteiger partial charge on any atom is 0.326 e. The Morgan fingerprint density at radius 2 is 2.00 bits per heavy atom. The molecule has 5 nitrogen and oxygen atoms in total. The molecule has 1 aromatic rings. The van der Waals surface area contributed by atoms with Crippen molar-refractivity contribution in [2.75, 3.05) is 6.61 Å². The van der Waals surface area contributed by atoms with E-state index in [0.29, 0.717) is 13.0 Å². The van der Waals surface area contributed by atoms with E-state index in [0.717, 1.165) is 18.6 Å². The van der Waals surface area contributed by atoms with Crippen LogP contribution in [0.15, 0.2) is 30.3 Å². The fourth-order valence-electron chi connectivity index (χ4n) is 2.00. The Morgan fingerprint density at radius 3 is 2.60 bits per heavy atom. The Kier molecular flexibility index (Phi) is 4.98. The molecular formula is C15H19NO4. The van der Waals surface area contributed by atoms with Gasteiger partial charge in [0.25, 0.3) is 0 Å². The van der Waals surface area contributed by atoms with Gasteiger partial charge in [0.15, 0.2) is 0 Å². The van der Waals surface area contributed by atoms with Crippen LogP contribution in [0, 0.1) is 5.92 Å². The number of carboxylic acids is 1. The molecule has 0 heterocycles. The first-order valence-electron chi connectivity index (χ1n) is 6.87. The van der Waals surface area contributed by atoms with Gasteiger partial charge < -0.3 is 15.2 Å². The van der Waals surface area contributed by atoms with E-state index in [-0.39, 0.29) is 18.2 Å². The van der Waals surface area contributed by atoms with Gasteiger partial charge in [-0.25, -0.2) is 4.79 Å². The molecule has 1 aliphatic rings. The second kappa shape index (κ2) is 6.93. The van der Waals surface area contributed by atoms with Crippen molar-refractivity contribution in [1.82, 2.24) is 5.32 Å². The quantitative estimate of drug-likeness (QED) is 0.711. The van der Waals surface area contributed by atoms with Gasteiger partial charge in [0.2, 0.25) is 5.91 Å². The van der Waals surface area contributed by atoms with Crippen molar-refractivity contribution in [3.8, 4) is 5.75 Å². The summed E-state index contributed by atoms with van der Waals surface area (Å²) in [5.74, 6) is -0.284. The van der Waals surface area contributed by atoms with Crippen LogP contribution in [-0.4, -0.2) is 29.6 Å². The van der Waals surface area contributed by atoms with E-state index < -0.39 is 12.0 Å². The van der Waals surface area contributed by atoms with Crippen molar-refractivity contribution >= 4 is 11.9 Å². The van der Waals surface area contributed by atoms with Crippen LogP contribution in [0.4, 0.5) is 0 Å². The summed E-state index contributed by atoms with van der Waals surface area (Å²) < 4.78 is 5.47. The van der Waals surface area contributed by atoms with Crippen molar-refractivity contribution in [1.29, 1.82) is 0 Å². The van der Waals surface area contributed by atoms with Gasteiger partial charge >= 0.3 is 5.97 Å². The number of benzene rings is 1. The van der Waals surface area contributed by atoms with Crippen LogP contribution < -0.4 is 10.1 Å². The molecule has 2 rings (SSSR count). The highest BCUT2D eigenvalue weighted by Gasteiger charge is 2.37. The Labute approximate surface area is 117 Å². The van der Waals surface area contributed by atoms with E-state index >= 15 is 0 Å². The molecule has 20 heavy (non-hydrogen) atoms. The summed E-state index contributed by atoms with van der Waals surface area (Å²) in [6, 6.07) is 8.66. The topological polar surface area (TPSA) is 75.6 Å². The van der Waals surface area contributed by atoms with Crippen molar-refractivity contribution in [2.45, 2.75) is 31.7 Å². The smallest absolute Gasteiger partial charge is 0.326 e. The zero-order chi connectivity index (χ0) is 14.4. The minimum atomic E-state index is -0.943. The molecule has 2 N–H and O–H groups in total. The van der Waals surface area contributed by atoms with Crippen molar-refractivity contribution in [3.63, 3.8) is 0 Å². The van der Waals surface area contributed by atoms with Crippen molar-refractivity contribution in [3.05, 3.63) is 30.3 Å². The van der Waals surface area contributed by atoms with E-state index in [1.54, 1.807) is 0 Å². The number of para-hydroxylation sites is 1. The van der Waals surface area contributed by atoms with Crippen LogP contribution in [0.25, 0.3) is 0 Å². The highest BCUT2D eigenvalue weighted by Crippen LogP contribution is 2.32. The molecule has 0 radical (unpaired) electrons. The van der Waals surface area contributed by atoms with Crippen LogP contribution in [-0.2, 0) is 9.59 Å². The molecule has 0 bridgehead atoms. The number of rotatable bonds is 8. The molecule has 1 atom stereocenters. The third-order valence-corrected chi connectivity index (χ3v) is 3.24. The fraction of sp³-hybridized carbons (Fsp3) is 0.467. The highest BCUT2D eigenvalue weighted by atomic mass is 16.5. The summed E-state index contributed by atoms with van der Waals surface area (Å²) >= 11 is 0. The van der Waals surface area contributed by atoms with Gasteiger partial charge in [-0.1, -0.05) is 18.2 Å². The molecule has 0 aromatic heterocycles. The van der Waals surface area contributed by atoms with Crippen molar-refractivity contribution < 1.29 is 19.4 Å². The zero-order valence-corrected chi connectivity index (χ0v) is 11.2. The lowest BCUT2D eigenvalue weighted by atomic mass is 10.2. The number of amides is 1. The number of ether oxygens (including phenoxy) is 1. The van der Waals surface area contributed by atoms with Gasteiger partial charge in [-0.3, -0.25) is 4.79 Å². The number of nitrogens with one attached hydrogen (secondary N) is 1. The van der Waals surface area contributed by atoms with Crippen LogP contribution in [0.1, 0.15) is 25.7 Å². The molecule has 0 aliphatic heterocycles. The van der Waals surface area contributed by atoms with Gasteiger partial charge in [0.05, 0.1) is 6.61 Å². The van der Waals surface area contributed by atoms with E-state index in [1.807, 2.05) is 30.3 Å². The monoisotopic (exact) mass is 277 g/mol. The third-order valence-electron chi connectivity index (χ3n) is 3.24. The minimum Gasteiger partial charge on any atom is -0.494 e. The second-order valence-corrected chi connectivity index (χ2v) is 4.99. The van der Waals surface area contributed by atoms with Crippen LogP contribution in [0.5, 0.6) is 5.75 Å². The van der Waals surface area contributed by atoms with Crippen LogP contribution >= 0.6 is 0 Å². The number of carboxylic acid groups (broad SMARTS) is 1. The largest absolute Gasteiger partial charge is 0.494 e. The molecule has 1 saturated carbocycles. The van der Waals surface area contributed by atoms with Gasteiger partial charge in [0, 0.05) is 6.42 Å². The Balaban J connectivity index is 1.63. The molecule has 1 fully saturated rings. The average Bonchev–Trinajstić information content (AvgIpc) is 3.26. The van der Waals surface area contributed by atoms with Crippen LogP contribution in [0.2, 0.25) is 0 Å². The molecule has 5 heteroatoms. The molecular weight excluding hydrogens is 258 g/mol. The molecule has 1 amide bonds. The zero-order valence-electron chi connectivity index (χ0n) is 11.2. The first-order chi connectivity index (χ1) is 9.66. The predicted molar refractivity (Wildman–Crippen MR) is 73.5 cm³/mol. The van der Waals surface area contributed by atoms with E-state index in [9.17, 15) is 9.59 Å². The molecule has 0 saturated heterocycles. The first-order valence-corrected chi connectivity index (χ1v) is 6.87. The lowest BCUT2D eigenvalue weighted by Crippen LogP contribution is -2.42. The normalized spacial score (nSPS) is 15.4. The standard InChI is InChI=1S/C15H19NO4/c17-13(16-14(15(18)19)11-8-9-11)7-4-10-20-12-5-2-1-3-6-12/h1-3,5-6,11,14H,4,7-10H2,(H,16,17)(H,18,19). The summed E-state index contributed by atoms with van der Waals surface area (Å²) in [4.78, 5) is 22.7. The van der Waals surface area contributed by atoms with Crippen molar-refractivity contribution in [2.24, 2.45) is 5.92 Å². The molecule has 1 unspecified atom stereocenters. The lowest BCUT2D eigenvalue weighted by molar-refractivity contribution is -0.142. The maximum absolute atomic E-state index is 11.7. The summed E-state index contributed by atoms with van der Waals surface area (Å²) in [5, 5.41) is 11.6. The highest BCUT2D eigenvalue weighted by molar-refractivity contribution is 5.83. The molecule has 108 valence electrons. The predicted octanol–water partition coefficient (Wildman–Crippen LogP) is 1.82. The average molecular weight is 277 g/mol. The number of carbonyl (C=O) groups excluding carboxylic acids is 1. The third kappa shape index (κ3) is 4.57. The summed E-state index contributed by atoms with van der Waals surface area (Å²) in [6.07, 6.45) is 2.61. The SMILES string of the molecule is O=C(CCCOc1ccccc1)NC(C(=O)O)C1CC1. The van der Waals surface area contributed by atoms with E-state index in [1.165, 1.54) is 0 Å². The minimum absolute atomic E-state index is 0.108. The van der Waals surface area contributed by atoms with Gasteiger partial charge in [0.1, 0.15) is 11.8 Å². The molecule has 0 spiro atoms. The maximum atomic E-state index is 11.7. The fourth-order valence-corrected chi connectivity index (χ4v) is 2.00. The Bertz CT molecular complexity index is 456. The van der Waals surface area contributed by atoms with Gasteiger partial charge in [-0.2, -0.15) is 0 Å². The number of hydrogen-bond donors (Lipinski definition) is 2. The number of aliphatic carboxylic acids is 1.